The minimum atomic E-state index is -1.33. The standard InChI is InChI=1S/C22H28N2O7/c1-22(2,28)31-17-11-7-15(8-12-17)19(20(26)29-3)24-18(25)13-6-14-4-9-16(10-5-14)30-21(23)27/h4-5,7-12,19-20,26,28H,6,13H2,1-3H3,(H2,23,27)(H,24,25). The molecule has 9 nitrogen and oxygen atoms in total. The first-order valence-corrected chi connectivity index (χ1v) is 9.65. The molecule has 0 aliphatic rings. The molecular weight excluding hydrogens is 404 g/mol. The third kappa shape index (κ3) is 8.25. The molecule has 0 radical (unpaired) electrons. The Balaban J connectivity index is 1.98. The van der Waals surface area contributed by atoms with Gasteiger partial charge in [-0.3, -0.25) is 4.79 Å². The van der Waals surface area contributed by atoms with Crippen LogP contribution in [0.4, 0.5) is 4.79 Å². The molecule has 0 aliphatic carbocycles. The van der Waals surface area contributed by atoms with Gasteiger partial charge in [0, 0.05) is 27.4 Å². The van der Waals surface area contributed by atoms with Gasteiger partial charge in [0.05, 0.1) is 0 Å². The number of rotatable bonds is 10. The number of aryl methyl sites for hydroxylation is 1. The smallest absolute Gasteiger partial charge is 0.409 e. The number of carbonyl (C=O) groups is 2. The minimum Gasteiger partial charge on any atom is -0.463 e. The van der Waals surface area contributed by atoms with Crippen LogP contribution in [0.25, 0.3) is 0 Å². The number of nitrogens with two attached hydrogens (primary N) is 1. The molecule has 0 heterocycles. The molecular formula is C22H28N2O7. The Hall–Kier alpha value is -3.14. The molecule has 2 unspecified atom stereocenters. The molecule has 0 aliphatic heterocycles. The van der Waals surface area contributed by atoms with E-state index in [-0.39, 0.29) is 12.3 Å². The highest BCUT2D eigenvalue weighted by atomic mass is 16.6. The van der Waals surface area contributed by atoms with Crippen molar-refractivity contribution in [3.8, 4) is 11.5 Å². The van der Waals surface area contributed by atoms with Crippen LogP contribution in [0.5, 0.6) is 11.5 Å². The maximum absolute atomic E-state index is 12.5. The van der Waals surface area contributed by atoms with Crippen LogP contribution >= 0.6 is 0 Å². The lowest BCUT2D eigenvalue weighted by atomic mass is 10.0. The normalized spacial score (nSPS) is 13.2. The minimum absolute atomic E-state index is 0.169. The van der Waals surface area contributed by atoms with Gasteiger partial charge in [0.2, 0.25) is 11.7 Å². The molecule has 2 aromatic carbocycles. The predicted molar refractivity (Wildman–Crippen MR) is 112 cm³/mol. The maximum Gasteiger partial charge on any atom is 0.409 e. The molecule has 5 N–H and O–H groups in total. The van der Waals surface area contributed by atoms with Crippen molar-refractivity contribution in [2.45, 2.75) is 44.8 Å². The largest absolute Gasteiger partial charge is 0.463 e. The summed E-state index contributed by atoms with van der Waals surface area (Å²) in [7, 11) is 1.34. The molecule has 31 heavy (non-hydrogen) atoms. The third-order valence-corrected chi connectivity index (χ3v) is 4.23. The Morgan fingerprint density at radius 2 is 1.65 bits per heavy atom. The van der Waals surface area contributed by atoms with Gasteiger partial charge in [-0.2, -0.15) is 0 Å². The number of amides is 2. The van der Waals surface area contributed by atoms with E-state index in [0.29, 0.717) is 23.5 Å². The van der Waals surface area contributed by atoms with Crippen molar-refractivity contribution in [1.29, 1.82) is 0 Å². The number of methoxy groups -OCH3 is 1. The van der Waals surface area contributed by atoms with E-state index in [2.05, 4.69) is 5.32 Å². The summed E-state index contributed by atoms with van der Waals surface area (Å²) in [6, 6.07) is 12.5. The Bertz CT molecular complexity index is 861. The summed E-state index contributed by atoms with van der Waals surface area (Å²) in [5.74, 6) is -0.848. The molecule has 168 valence electrons. The van der Waals surface area contributed by atoms with Gasteiger partial charge in [0.25, 0.3) is 0 Å². The lowest BCUT2D eigenvalue weighted by Gasteiger charge is -2.24. The second-order valence-corrected chi connectivity index (χ2v) is 7.35. The van der Waals surface area contributed by atoms with Crippen molar-refractivity contribution < 1.29 is 34.0 Å². The van der Waals surface area contributed by atoms with Crippen LogP contribution < -0.4 is 20.5 Å². The number of nitrogens with one attached hydrogen (secondary N) is 1. The summed E-state index contributed by atoms with van der Waals surface area (Å²) in [6.45, 7) is 3.02. The number of primary amides is 1. The fraction of sp³-hybridized carbons (Fsp3) is 0.364. The van der Waals surface area contributed by atoms with Crippen LogP contribution in [-0.4, -0.2) is 41.4 Å². The van der Waals surface area contributed by atoms with Crippen molar-refractivity contribution in [3.63, 3.8) is 0 Å². The van der Waals surface area contributed by atoms with Crippen LogP contribution in [0, 0.1) is 0 Å². The first-order valence-electron chi connectivity index (χ1n) is 9.65. The average Bonchev–Trinajstić information content (AvgIpc) is 2.70. The number of aliphatic hydroxyl groups excluding tert-OH is 1. The Labute approximate surface area is 180 Å². The average molecular weight is 432 g/mol. The lowest BCUT2D eigenvalue weighted by molar-refractivity contribution is -0.130. The fourth-order valence-corrected chi connectivity index (χ4v) is 2.83. The summed E-state index contributed by atoms with van der Waals surface area (Å²) < 4.78 is 15.1. The molecule has 2 rings (SSSR count). The van der Waals surface area contributed by atoms with Crippen LogP contribution in [0.1, 0.15) is 37.4 Å². The zero-order valence-corrected chi connectivity index (χ0v) is 17.7. The Morgan fingerprint density at radius 1 is 1.06 bits per heavy atom. The van der Waals surface area contributed by atoms with E-state index in [1.807, 2.05) is 0 Å². The topological polar surface area (TPSA) is 140 Å². The van der Waals surface area contributed by atoms with Gasteiger partial charge in [0.15, 0.2) is 6.29 Å². The van der Waals surface area contributed by atoms with Crippen LogP contribution in [0.2, 0.25) is 0 Å². The van der Waals surface area contributed by atoms with Crippen molar-refractivity contribution >= 4 is 12.0 Å². The SMILES string of the molecule is COC(O)C(NC(=O)CCc1ccc(OC(N)=O)cc1)c1ccc(OC(C)(C)O)cc1. The van der Waals surface area contributed by atoms with Gasteiger partial charge in [-0.1, -0.05) is 24.3 Å². The van der Waals surface area contributed by atoms with Crippen LogP contribution in [0.3, 0.4) is 0 Å². The third-order valence-electron chi connectivity index (χ3n) is 4.23. The summed E-state index contributed by atoms with van der Waals surface area (Å²) in [4.78, 5) is 23.2. The number of carbonyl (C=O) groups excluding carboxylic acids is 2. The summed E-state index contributed by atoms with van der Waals surface area (Å²) >= 11 is 0. The van der Waals surface area contributed by atoms with Crippen LogP contribution in [-0.2, 0) is 16.0 Å². The highest BCUT2D eigenvalue weighted by molar-refractivity contribution is 5.76. The summed E-state index contributed by atoms with van der Waals surface area (Å²) in [5.41, 5.74) is 6.44. The van der Waals surface area contributed by atoms with Crippen molar-refractivity contribution in [1.82, 2.24) is 5.32 Å². The number of hydrogen-bond donors (Lipinski definition) is 4. The van der Waals surface area contributed by atoms with E-state index in [0.717, 1.165) is 5.56 Å². The van der Waals surface area contributed by atoms with Gasteiger partial charge in [-0.15, -0.1) is 0 Å². The van der Waals surface area contributed by atoms with Crippen molar-refractivity contribution in [2.24, 2.45) is 5.73 Å². The number of benzene rings is 2. The van der Waals surface area contributed by atoms with E-state index in [1.165, 1.54) is 21.0 Å². The molecule has 9 heteroatoms. The molecule has 0 saturated heterocycles. The zero-order valence-electron chi connectivity index (χ0n) is 17.7. The number of hydrogen-bond acceptors (Lipinski definition) is 7. The number of ether oxygens (including phenoxy) is 3. The molecule has 0 aromatic heterocycles. The molecule has 2 amide bonds. The lowest BCUT2D eigenvalue weighted by Crippen LogP contribution is -2.37. The second kappa shape index (κ2) is 10.8. The molecule has 0 bridgehead atoms. The van der Waals surface area contributed by atoms with E-state index in [4.69, 9.17) is 19.9 Å². The highest BCUT2D eigenvalue weighted by Gasteiger charge is 2.23. The van der Waals surface area contributed by atoms with Crippen molar-refractivity contribution in [3.05, 3.63) is 59.7 Å². The van der Waals surface area contributed by atoms with Gasteiger partial charge in [-0.05, 0) is 41.8 Å². The molecule has 0 fully saturated rings. The van der Waals surface area contributed by atoms with Gasteiger partial charge in [0.1, 0.15) is 17.5 Å². The van der Waals surface area contributed by atoms with E-state index in [9.17, 15) is 19.8 Å². The Kier molecular flexibility index (Phi) is 8.38. The highest BCUT2D eigenvalue weighted by Crippen LogP contribution is 2.23. The Morgan fingerprint density at radius 3 is 2.16 bits per heavy atom. The molecule has 0 saturated carbocycles. The van der Waals surface area contributed by atoms with E-state index in [1.54, 1.807) is 48.5 Å². The van der Waals surface area contributed by atoms with Gasteiger partial charge >= 0.3 is 6.09 Å². The summed E-state index contributed by atoms with van der Waals surface area (Å²) in [6.07, 6.45) is -1.54. The van der Waals surface area contributed by atoms with Crippen LogP contribution in [0.15, 0.2) is 48.5 Å². The predicted octanol–water partition coefficient (Wildman–Crippen LogP) is 2.01. The fourth-order valence-electron chi connectivity index (χ4n) is 2.83. The van der Waals surface area contributed by atoms with Crippen molar-refractivity contribution in [2.75, 3.05) is 7.11 Å². The van der Waals surface area contributed by atoms with E-state index < -0.39 is 24.2 Å². The summed E-state index contributed by atoms with van der Waals surface area (Å²) in [5, 5.41) is 22.7. The number of aliphatic hydroxyl groups is 2. The van der Waals surface area contributed by atoms with Gasteiger partial charge in [-0.25, -0.2) is 4.79 Å². The molecule has 2 aromatic rings. The molecule has 2 atom stereocenters. The first kappa shape index (κ1) is 24.1. The molecule has 0 spiro atoms. The monoisotopic (exact) mass is 432 g/mol. The maximum atomic E-state index is 12.5. The van der Waals surface area contributed by atoms with E-state index >= 15 is 0 Å². The first-order chi connectivity index (χ1) is 14.6. The van der Waals surface area contributed by atoms with Gasteiger partial charge < -0.3 is 35.5 Å². The quantitative estimate of drug-likeness (QED) is 0.421. The second-order valence-electron chi connectivity index (χ2n) is 7.35. The zero-order chi connectivity index (χ0) is 23.0.